The molecule has 2 heterocycles. The van der Waals surface area contributed by atoms with Gasteiger partial charge < -0.3 is 4.74 Å². The van der Waals surface area contributed by atoms with Gasteiger partial charge in [-0.25, -0.2) is 15.0 Å². The monoisotopic (exact) mass is 666 g/mol. The van der Waals surface area contributed by atoms with Crippen molar-refractivity contribution in [2.75, 3.05) is 0 Å². The minimum atomic E-state index is 0.357. The fourth-order valence-electron chi connectivity index (χ4n) is 9.51. The number of hydrogen-bond acceptors (Lipinski definition) is 6. The van der Waals surface area contributed by atoms with Crippen molar-refractivity contribution in [1.29, 1.82) is 5.26 Å². The number of aromatic nitrogens is 3. The molecule has 4 saturated carbocycles. The molecule has 4 fully saturated rings. The van der Waals surface area contributed by atoms with Crippen LogP contribution in [-0.4, -0.2) is 15.0 Å². The highest BCUT2D eigenvalue weighted by Crippen LogP contribution is 2.60. The first-order valence-electron chi connectivity index (χ1n) is 17.7. The summed E-state index contributed by atoms with van der Waals surface area (Å²) in [5.41, 5.74) is 7.01. The van der Waals surface area contributed by atoms with Gasteiger partial charge in [0.25, 0.3) is 0 Å². The van der Waals surface area contributed by atoms with E-state index in [1.165, 1.54) is 44.1 Å². The van der Waals surface area contributed by atoms with E-state index in [0.717, 1.165) is 66.9 Å². The largest absolute Gasteiger partial charge is 0.455 e. The Labute approximate surface area is 296 Å². The molecule has 242 valence electrons. The predicted molar refractivity (Wildman–Crippen MR) is 197 cm³/mol. The zero-order chi connectivity index (χ0) is 33.2. The first kappa shape index (κ1) is 29.6. The van der Waals surface area contributed by atoms with E-state index in [1.54, 1.807) is 11.8 Å². The normalized spacial score (nSPS) is 22.7. The number of fused-ring (bicyclic) bond motifs is 2. The Morgan fingerprint density at radius 2 is 1.16 bits per heavy atom. The lowest BCUT2D eigenvalue weighted by molar-refractivity contribution is -0.00518. The highest BCUT2D eigenvalue weighted by atomic mass is 32.2. The van der Waals surface area contributed by atoms with Crippen LogP contribution in [0.2, 0.25) is 0 Å². The molecule has 1 aromatic heterocycles. The molecule has 0 spiro atoms. The highest BCUT2D eigenvalue weighted by Gasteiger charge is 2.51. The maximum atomic E-state index is 10.4. The van der Waals surface area contributed by atoms with E-state index >= 15 is 0 Å². The maximum absolute atomic E-state index is 10.4. The molecule has 6 heteroatoms. The lowest BCUT2D eigenvalue weighted by atomic mass is 9.48. The summed E-state index contributed by atoms with van der Waals surface area (Å²) in [4.78, 5) is 16.9. The minimum absolute atomic E-state index is 0.357. The molecular weight excluding hydrogens is 633 g/mol. The van der Waals surface area contributed by atoms with Gasteiger partial charge in [-0.1, -0.05) is 90.6 Å². The van der Waals surface area contributed by atoms with Gasteiger partial charge in [0.05, 0.1) is 21.4 Å². The van der Waals surface area contributed by atoms with Crippen LogP contribution in [0.4, 0.5) is 0 Å². The Morgan fingerprint density at radius 3 is 1.86 bits per heavy atom. The van der Waals surface area contributed by atoms with Gasteiger partial charge in [0.15, 0.2) is 17.5 Å². The van der Waals surface area contributed by atoms with E-state index in [4.69, 9.17) is 19.7 Å². The van der Waals surface area contributed by atoms with Crippen LogP contribution in [0, 0.1) is 29.1 Å². The number of benzene rings is 5. The van der Waals surface area contributed by atoms with E-state index in [2.05, 4.69) is 42.5 Å². The summed E-state index contributed by atoms with van der Waals surface area (Å²) in [6, 6.07) is 41.7. The van der Waals surface area contributed by atoms with Crippen molar-refractivity contribution in [1.82, 2.24) is 15.0 Å². The summed E-state index contributed by atoms with van der Waals surface area (Å²) in [6.07, 6.45) is 8.38. The molecule has 11 rings (SSSR count). The fraction of sp³-hybridized carbons (Fsp3) is 0.227. The molecule has 5 aliphatic rings. The van der Waals surface area contributed by atoms with Crippen LogP contribution >= 0.6 is 11.8 Å². The molecule has 5 nitrogen and oxygen atoms in total. The molecule has 50 heavy (non-hydrogen) atoms. The van der Waals surface area contributed by atoms with Crippen molar-refractivity contribution in [3.05, 3.63) is 126 Å². The number of rotatable bonds is 5. The van der Waals surface area contributed by atoms with E-state index in [9.17, 15) is 5.26 Å². The Hall–Kier alpha value is -5.25. The summed E-state index contributed by atoms with van der Waals surface area (Å²) >= 11 is 1.68. The third kappa shape index (κ3) is 5.11. The Bertz CT molecular complexity index is 2290. The minimum Gasteiger partial charge on any atom is -0.455 e. The number of para-hydroxylation sites is 1. The van der Waals surface area contributed by atoms with Gasteiger partial charge in [-0.15, -0.1) is 0 Å². The summed E-state index contributed by atoms with van der Waals surface area (Å²) in [6.45, 7) is 0. The maximum Gasteiger partial charge on any atom is 0.164 e. The number of hydrogen-bond donors (Lipinski definition) is 0. The third-order valence-electron chi connectivity index (χ3n) is 11.4. The first-order chi connectivity index (χ1) is 24.6. The standard InChI is InChI=1S/C44H34N4OS/c45-26-34-21-32(12-16-36(34)30-10-14-35(15-11-30)44-23-27-18-28(24-44)20-29(19-27)25-44)42-46-41(31-6-2-1-3-7-31)47-43(48-42)33-13-17-38-40(22-33)50-39-9-5-4-8-37(39)49-38/h1-17,21-22,27-29H,18-20,23-25H2. The van der Waals surface area contributed by atoms with Gasteiger partial charge in [0, 0.05) is 16.7 Å². The number of nitriles is 1. The molecule has 4 aliphatic carbocycles. The molecule has 0 radical (unpaired) electrons. The predicted octanol–water partition coefficient (Wildman–Crippen LogP) is 11.1. The molecule has 0 unspecified atom stereocenters. The smallest absolute Gasteiger partial charge is 0.164 e. The van der Waals surface area contributed by atoms with Crippen molar-refractivity contribution in [2.24, 2.45) is 17.8 Å². The summed E-state index contributed by atoms with van der Waals surface area (Å²) < 4.78 is 6.18. The lowest BCUT2D eigenvalue weighted by Crippen LogP contribution is -2.48. The Kier molecular flexibility index (Phi) is 6.92. The Balaban J connectivity index is 1.00. The summed E-state index contributed by atoms with van der Waals surface area (Å²) in [7, 11) is 0. The Morgan fingerprint density at radius 1 is 0.580 bits per heavy atom. The molecule has 0 N–H and O–H groups in total. The quantitative estimate of drug-likeness (QED) is 0.182. The lowest BCUT2D eigenvalue weighted by Gasteiger charge is -2.57. The third-order valence-corrected chi connectivity index (χ3v) is 12.5. The topological polar surface area (TPSA) is 71.7 Å². The zero-order valence-electron chi connectivity index (χ0n) is 27.5. The number of ether oxygens (including phenoxy) is 1. The van der Waals surface area contributed by atoms with Crippen LogP contribution < -0.4 is 4.74 Å². The van der Waals surface area contributed by atoms with Crippen LogP contribution in [0.5, 0.6) is 11.5 Å². The van der Waals surface area contributed by atoms with Gasteiger partial charge in [-0.2, -0.15) is 5.26 Å². The molecule has 0 amide bonds. The number of nitrogens with zero attached hydrogens (tertiary/aromatic N) is 4. The second kappa shape index (κ2) is 11.7. The molecule has 4 bridgehead atoms. The van der Waals surface area contributed by atoms with Crippen LogP contribution in [-0.2, 0) is 5.41 Å². The van der Waals surface area contributed by atoms with Crippen LogP contribution in [0.1, 0.15) is 49.7 Å². The fourth-order valence-corrected chi connectivity index (χ4v) is 10.5. The van der Waals surface area contributed by atoms with Crippen molar-refractivity contribution >= 4 is 11.8 Å². The van der Waals surface area contributed by atoms with Gasteiger partial charge in [-0.3, -0.25) is 0 Å². The summed E-state index contributed by atoms with van der Waals surface area (Å²) in [5.74, 6) is 6.09. The molecule has 5 aromatic carbocycles. The van der Waals surface area contributed by atoms with Crippen molar-refractivity contribution < 1.29 is 4.74 Å². The first-order valence-corrected chi connectivity index (χ1v) is 18.5. The second-order valence-electron chi connectivity index (χ2n) is 14.6. The van der Waals surface area contributed by atoms with E-state index < -0.39 is 0 Å². The van der Waals surface area contributed by atoms with Crippen molar-refractivity contribution in [3.8, 4) is 62.9 Å². The molecular formula is C44H34N4OS. The highest BCUT2D eigenvalue weighted by molar-refractivity contribution is 7.99. The molecule has 0 atom stereocenters. The second-order valence-corrected chi connectivity index (χ2v) is 15.7. The van der Waals surface area contributed by atoms with Crippen LogP contribution in [0.15, 0.2) is 125 Å². The zero-order valence-corrected chi connectivity index (χ0v) is 28.4. The van der Waals surface area contributed by atoms with Gasteiger partial charge in [-0.05, 0) is 115 Å². The van der Waals surface area contributed by atoms with Crippen molar-refractivity contribution in [2.45, 2.75) is 53.7 Å². The van der Waals surface area contributed by atoms with E-state index in [0.29, 0.717) is 28.5 Å². The van der Waals surface area contributed by atoms with Crippen LogP contribution in [0.3, 0.4) is 0 Å². The summed E-state index contributed by atoms with van der Waals surface area (Å²) in [5, 5.41) is 10.4. The van der Waals surface area contributed by atoms with Gasteiger partial charge in [0.2, 0.25) is 0 Å². The van der Waals surface area contributed by atoms with Gasteiger partial charge in [0.1, 0.15) is 11.5 Å². The SMILES string of the molecule is N#Cc1cc(-c2nc(-c3ccccc3)nc(-c3ccc4c(c3)Sc3ccccc3O4)n2)ccc1-c1ccc(C23CC4CC(CC(C4)C2)C3)cc1. The van der Waals surface area contributed by atoms with Crippen molar-refractivity contribution in [3.63, 3.8) is 0 Å². The van der Waals surface area contributed by atoms with Gasteiger partial charge >= 0.3 is 0 Å². The van der Waals surface area contributed by atoms with Crippen LogP contribution in [0.25, 0.3) is 45.3 Å². The molecule has 0 saturated heterocycles. The van der Waals surface area contributed by atoms with E-state index in [-0.39, 0.29) is 0 Å². The molecule has 1 aliphatic heterocycles. The average Bonchev–Trinajstić information content (AvgIpc) is 3.16. The average molecular weight is 667 g/mol. The van der Waals surface area contributed by atoms with E-state index in [1.807, 2.05) is 78.9 Å². The molecule has 6 aromatic rings.